The summed E-state index contributed by atoms with van der Waals surface area (Å²) in [6.45, 7) is 3.66. The summed E-state index contributed by atoms with van der Waals surface area (Å²) in [5, 5.41) is 3.79. The Morgan fingerprint density at radius 1 is 0.906 bits per heavy atom. The molecule has 0 saturated carbocycles. The van der Waals surface area contributed by atoms with Crippen LogP contribution < -0.4 is 16.6 Å². The molecule has 1 amide bonds. The number of amides is 1. The quantitative estimate of drug-likeness (QED) is 0.500. The first-order valence-electron chi connectivity index (χ1n) is 10.2. The highest BCUT2D eigenvalue weighted by atomic mass is 35.5. The van der Waals surface area contributed by atoms with Crippen molar-refractivity contribution in [2.75, 3.05) is 5.32 Å². The van der Waals surface area contributed by atoms with E-state index in [4.69, 9.17) is 11.6 Å². The largest absolute Gasteiger partial charge is 0.332 e. The van der Waals surface area contributed by atoms with E-state index in [2.05, 4.69) is 5.32 Å². The zero-order valence-electron chi connectivity index (χ0n) is 17.8. The lowest BCUT2D eigenvalue weighted by Gasteiger charge is -2.16. The molecule has 4 aromatic rings. The Morgan fingerprint density at radius 3 is 2.31 bits per heavy atom. The van der Waals surface area contributed by atoms with Crippen LogP contribution in [0.25, 0.3) is 10.9 Å². The highest BCUT2D eigenvalue weighted by Crippen LogP contribution is 2.19. The van der Waals surface area contributed by atoms with Gasteiger partial charge in [-0.3, -0.25) is 18.7 Å². The first-order valence-corrected chi connectivity index (χ1v) is 10.6. The molecule has 0 atom stereocenters. The zero-order chi connectivity index (χ0) is 22.8. The summed E-state index contributed by atoms with van der Waals surface area (Å²) >= 11 is 6.06. The number of nitrogens with one attached hydrogen (secondary N) is 1. The van der Waals surface area contributed by atoms with Crippen molar-refractivity contribution in [1.82, 2.24) is 9.13 Å². The van der Waals surface area contributed by atoms with Crippen LogP contribution in [0.3, 0.4) is 0 Å². The average molecular weight is 448 g/mol. The Hall–Kier alpha value is -3.64. The predicted molar refractivity (Wildman–Crippen MR) is 128 cm³/mol. The monoisotopic (exact) mass is 447 g/mol. The standard InChI is InChI=1S/C25H22ClN3O3/c1-16-7-5-8-17(2)23(16)27-22(30)15-28-21-12-4-3-11-20(21)24(31)29(25(28)32)14-18-9-6-10-19(26)13-18/h3-13H,14-15H2,1-2H3,(H,27,30). The minimum absolute atomic E-state index is 0.0571. The lowest BCUT2D eigenvalue weighted by atomic mass is 10.1. The number of hydrogen-bond acceptors (Lipinski definition) is 3. The van der Waals surface area contributed by atoms with Crippen LogP contribution in [0.1, 0.15) is 16.7 Å². The van der Waals surface area contributed by atoms with Crippen molar-refractivity contribution in [3.63, 3.8) is 0 Å². The fourth-order valence-electron chi connectivity index (χ4n) is 3.82. The van der Waals surface area contributed by atoms with Crippen LogP contribution in [-0.2, 0) is 17.9 Å². The lowest BCUT2D eigenvalue weighted by Crippen LogP contribution is -2.42. The van der Waals surface area contributed by atoms with Crippen molar-refractivity contribution < 1.29 is 4.79 Å². The number of nitrogens with zero attached hydrogens (tertiary/aromatic N) is 2. The smallest absolute Gasteiger partial charge is 0.324 e. The third-order valence-electron chi connectivity index (χ3n) is 5.41. The van der Waals surface area contributed by atoms with E-state index in [0.717, 1.165) is 26.9 Å². The Labute approximate surface area is 189 Å². The number of carbonyl (C=O) groups excluding carboxylic acids is 1. The first kappa shape index (κ1) is 21.6. The number of carbonyl (C=O) groups is 1. The molecule has 0 bridgehead atoms. The van der Waals surface area contributed by atoms with E-state index in [1.807, 2.05) is 32.0 Å². The molecule has 0 aliphatic carbocycles. The highest BCUT2D eigenvalue weighted by Gasteiger charge is 2.16. The summed E-state index contributed by atoms with van der Waals surface area (Å²) < 4.78 is 2.48. The number of aromatic nitrogens is 2. The van der Waals surface area contributed by atoms with Gasteiger partial charge in [0.05, 0.1) is 17.4 Å². The van der Waals surface area contributed by atoms with E-state index in [1.54, 1.807) is 48.5 Å². The molecule has 7 heteroatoms. The number of fused-ring (bicyclic) bond motifs is 1. The number of benzene rings is 3. The van der Waals surface area contributed by atoms with Gasteiger partial charge >= 0.3 is 5.69 Å². The Bertz CT molecular complexity index is 1430. The molecule has 162 valence electrons. The van der Waals surface area contributed by atoms with E-state index in [-0.39, 0.29) is 19.0 Å². The normalized spacial score (nSPS) is 11.0. The van der Waals surface area contributed by atoms with Crippen LogP contribution in [0.2, 0.25) is 5.02 Å². The van der Waals surface area contributed by atoms with Gasteiger partial charge in [-0.2, -0.15) is 0 Å². The fourth-order valence-corrected chi connectivity index (χ4v) is 4.03. The molecule has 0 saturated heterocycles. The van der Waals surface area contributed by atoms with Crippen molar-refractivity contribution in [3.8, 4) is 0 Å². The van der Waals surface area contributed by atoms with Crippen molar-refractivity contribution in [3.05, 3.63) is 109 Å². The molecule has 0 aliphatic heterocycles. The van der Waals surface area contributed by atoms with Crippen molar-refractivity contribution in [1.29, 1.82) is 0 Å². The van der Waals surface area contributed by atoms with Crippen LogP contribution in [0, 0.1) is 13.8 Å². The van der Waals surface area contributed by atoms with Gasteiger partial charge in [-0.1, -0.05) is 54.1 Å². The summed E-state index contributed by atoms with van der Waals surface area (Å²) in [5.41, 5.74) is 2.77. The SMILES string of the molecule is Cc1cccc(C)c1NC(=O)Cn1c(=O)n(Cc2cccc(Cl)c2)c(=O)c2ccccc21. The Balaban J connectivity index is 1.77. The topological polar surface area (TPSA) is 73.1 Å². The number of hydrogen-bond donors (Lipinski definition) is 1. The average Bonchev–Trinajstić information content (AvgIpc) is 2.77. The molecule has 32 heavy (non-hydrogen) atoms. The molecule has 0 fully saturated rings. The number of anilines is 1. The Morgan fingerprint density at radius 2 is 1.59 bits per heavy atom. The summed E-state index contributed by atoms with van der Waals surface area (Å²) in [4.78, 5) is 39.3. The molecule has 0 unspecified atom stereocenters. The molecular formula is C25H22ClN3O3. The third-order valence-corrected chi connectivity index (χ3v) is 5.64. The first-order chi connectivity index (χ1) is 15.3. The molecule has 0 radical (unpaired) electrons. The molecule has 1 N–H and O–H groups in total. The Kier molecular flexibility index (Phi) is 5.97. The maximum atomic E-state index is 13.3. The van der Waals surface area contributed by atoms with Gasteiger partial charge in [-0.15, -0.1) is 0 Å². The lowest BCUT2D eigenvalue weighted by molar-refractivity contribution is -0.116. The molecule has 0 aliphatic rings. The van der Waals surface area contributed by atoms with E-state index in [9.17, 15) is 14.4 Å². The van der Waals surface area contributed by atoms with Crippen LogP contribution in [0.4, 0.5) is 5.69 Å². The van der Waals surface area contributed by atoms with E-state index < -0.39 is 11.2 Å². The second kappa shape index (κ2) is 8.85. The minimum atomic E-state index is -0.551. The predicted octanol–water partition coefficient (Wildman–Crippen LogP) is 4.12. The minimum Gasteiger partial charge on any atom is -0.324 e. The van der Waals surface area contributed by atoms with Gasteiger partial charge in [0, 0.05) is 10.7 Å². The number of aryl methyl sites for hydroxylation is 2. The van der Waals surface area contributed by atoms with E-state index in [1.165, 1.54) is 4.57 Å². The van der Waals surface area contributed by atoms with Gasteiger partial charge in [0.2, 0.25) is 5.91 Å². The number of rotatable bonds is 5. The van der Waals surface area contributed by atoms with Crippen molar-refractivity contribution in [2.45, 2.75) is 26.9 Å². The summed E-state index contributed by atoms with van der Waals surface area (Å²) in [6, 6.07) is 19.5. The summed E-state index contributed by atoms with van der Waals surface area (Å²) in [7, 11) is 0. The van der Waals surface area contributed by atoms with E-state index in [0.29, 0.717) is 15.9 Å². The fraction of sp³-hybridized carbons (Fsp3) is 0.160. The molecule has 6 nitrogen and oxygen atoms in total. The molecule has 1 heterocycles. The van der Waals surface area contributed by atoms with Gasteiger partial charge in [0.25, 0.3) is 5.56 Å². The highest BCUT2D eigenvalue weighted by molar-refractivity contribution is 6.30. The third kappa shape index (κ3) is 4.22. The van der Waals surface area contributed by atoms with Crippen molar-refractivity contribution in [2.24, 2.45) is 0 Å². The van der Waals surface area contributed by atoms with Crippen LogP contribution in [-0.4, -0.2) is 15.0 Å². The second-order valence-corrected chi connectivity index (χ2v) is 8.16. The molecule has 1 aromatic heterocycles. The molecule has 0 spiro atoms. The van der Waals surface area contributed by atoms with Crippen LogP contribution in [0.5, 0.6) is 0 Å². The summed E-state index contributed by atoms with van der Waals surface area (Å²) in [6.07, 6.45) is 0. The number of para-hydroxylation sites is 2. The van der Waals surface area contributed by atoms with Gasteiger partial charge in [-0.05, 0) is 54.8 Å². The van der Waals surface area contributed by atoms with Gasteiger partial charge in [0.15, 0.2) is 0 Å². The number of halogens is 1. The van der Waals surface area contributed by atoms with Gasteiger partial charge in [0.1, 0.15) is 6.54 Å². The summed E-state index contributed by atoms with van der Waals surface area (Å²) in [5.74, 6) is -0.345. The van der Waals surface area contributed by atoms with Gasteiger partial charge < -0.3 is 5.32 Å². The maximum Gasteiger partial charge on any atom is 0.332 e. The second-order valence-electron chi connectivity index (χ2n) is 7.72. The van der Waals surface area contributed by atoms with E-state index >= 15 is 0 Å². The zero-order valence-corrected chi connectivity index (χ0v) is 18.5. The van der Waals surface area contributed by atoms with Crippen LogP contribution >= 0.6 is 11.6 Å². The molecule has 3 aromatic carbocycles. The molecule has 4 rings (SSSR count). The maximum absolute atomic E-state index is 13.3. The van der Waals surface area contributed by atoms with Crippen LogP contribution in [0.15, 0.2) is 76.3 Å². The molecular weight excluding hydrogens is 426 g/mol. The van der Waals surface area contributed by atoms with Gasteiger partial charge in [-0.25, -0.2) is 4.79 Å². The van der Waals surface area contributed by atoms with Crippen molar-refractivity contribution >= 4 is 34.1 Å².